The molecule has 6 nitrogen and oxygen atoms in total. The van der Waals surface area contributed by atoms with E-state index in [0.717, 1.165) is 56.4 Å². The Kier molecular flexibility index (Phi) is 6.94. The van der Waals surface area contributed by atoms with Crippen LogP contribution >= 0.6 is 11.5 Å². The van der Waals surface area contributed by atoms with Crippen LogP contribution in [0.1, 0.15) is 32.1 Å². The van der Waals surface area contributed by atoms with Crippen molar-refractivity contribution in [3.05, 3.63) is 54.6 Å². The molecule has 0 atom stereocenters. The molecule has 0 unspecified atom stereocenters. The molecule has 0 spiro atoms. The second-order valence-corrected chi connectivity index (χ2v) is 9.96. The third-order valence-corrected chi connectivity index (χ3v) is 7.80. The van der Waals surface area contributed by atoms with E-state index >= 15 is 0 Å². The molecule has 1 aliphatic carbocycles. The van der Waals surface area contributed by atoms with Crippen LogP contribution in [-0.4, -0.2) is 54.1 Å². The number of nitrogens with one attached hydrogen (secondary N) is 2. The summed E-state index contributed by atoms with van der Waals surface area (Å²) in [6, 6.07) is 19.7. The fraction of sp³-hybridized carbons (Fsp3) is 0.462. The van der Waals surface area contributed by atoms with E-state index in [1.807, 2.05) is 6.07 Å². The lowest BCUT2D eigenvalue weighted by atomic mass is 9.84. The molecule has 2 fully saturated rings. The number of piperazine rings is 1. The predicted molar refractivity (Wildman–Crippen MR) is 135 cm³/mol. The van der Waals surface area contributed by atoms with Crippen molar-refractivity contribution in [3.8, 4) is 0 Å². The van der Waals surface area contributed by atoms with Gasteiger partial charge in [0.2, 0.25) is 0 Å². The van der Waals surface area contributed by atoms with E-state index in [1.165, 1.54) is 35.9 Å². The second kappa shape index (κ2) is 10.4. The molecule has 1 saturated heterocycles. The first-order chi connectivity index (χ1) is 16.2. The molecule has 2 aromatic carbocycles. The normalized spacial score (nSPS) is 21.5. The third kappa shape index (κ3) is 5.58. The quantitative estimate of drug-likeness (QED) is 0.554. The number of hydrogen-bond acceptors (Lipinski definition) is 5. The molecule has 7 heteroatoms. The first kappa shape index (κ1) is 22.0. The van der Waals surface area contributed by atoms with Gasteiger partial charge in [0.05, 0.1) is 10.4 Å². The van der Waals surface area contributed by atoms with Gasteiger partial charge in [0.25, 0.3) is 0 Å². The summed E-state index contributed by atoms with van der Waals surface area (Å²) in [7, 11) is 0. The van der Waals surface area contributed by atoms with Gasteiger partial charge in [-0.2, -0.15) is 4.37 Å². The van der Waals surface area contributed by atoms with Crippen LogP contribution in [0.5, 0.6) is 0 Å². The summed E-state index contributed by atoms with van der Waals surface area (Å²) in [4.78, 5) is 17.3. The zero-order chi connectivity index (χ0) is 22.5. The fourth-order valence-corrected chi connectivity index (χ4v) is 5.82. The maximum atomic E-state index is 12.2. The number of carbonyl (C=O) groups is 1. The molecule has 3 aromatic rings. The SMILES string of the molecule is O=C(Nc1cc#ccc1)NC1CCC(CCN2CCN(c3nsc4ccccc34)CC2)CC1. The van der Waals surface area contributed by atoms with E-state index in [-0.39, 0.29) is 12.1 Å². The molecule has 0 radical (unpaired) electrons. The zero-order valence-electron chi connectivity index (χ0n) is 18.9. The monoisotopic (exact) mass is 461 g/mol. The van der Waals surface area contributed by atoms with Gasteiger partial charge < -0.3 is 15.5 Å². The van der Waals surface area contributed by atoms with Gasteiger partial charge in [-0.15, -0.1) is 0 Å². The predicted octanol–water partition coefficient (Wildman–Crippen LogP) is 4.79. The maximum absolute atomic E-state index is 12.2. The van der Waals surface area contributed by atoms with E-state index in [1.54, 1.807) is 23.7 Å². The Morgan fingerprint density at radius 3 is 2.67 bits per heavy atom. The molecule has 172 valence electrons. The highest BCUT2D eigenvalue weighted by Crippen LogP contribution is 2.30. The molecule has 2 aliphatic rings. The summed E-state index contributed by atoms with van der Waals surface area (Å²) in [5.74, 6) is 1.93. The number of fused-ring (bicyclic) bond motifs is 1. The van der Waals surface area contributed by atoms with Crippen LogP contribution in [0.3, 0.4) is 0 Å². The minimum absolute atomic E-state index is 0.121. The number of aromatic nitrogens is 1. The first-order valence-corrected chi connectivity index (χ1v) is 12.8. The average molecular weight is 462 g/mol. The molecule has 2 amide bonds. The molecular formula is C26H31N5OS. The van der Waals surface area contributed by atoms with Crippen LogP contribution in [0.4, 0.5) is 16.3 Å². The van der Waals surface area contributed by atoms with E-state index in [0.29, 0.717) is 0 Å². The largest absolute Gasteiger partial charge is 0.353 e. The minimum atomic E-state index is -0.121. The number of anilines is 2. The van der Waals surface area contributed by atoms with Crippen LogP contribution in [0.15, 0.2) is 42.5 Å². The van der Waals surface area contributed by atoms with Crippen molar-refractivity contribution in [1.82, 2.24) is 14.6 Å². The van der Waals surface area contributed by atoms with Crippen molar-refractivity contribution < 1.29 is 4.79 Å². The zero-order valence-corrected chi connectivity index (χ0v) is 19.7. The summed E-state index contributed by atoms with van der Waals surface area (Å²) in [6.07, 6.45) is 5.79. The topological polar surface area (TPSA) is 60.5 Å². The minimum Gasteiger partial charge on any atom is -0.353 e. The van der Waals surface area contributed by atoms with Gasteiger partial charge >= 0.3 is 6.03 Å². The van der Waals surface area contributed by atoms with Crippen LogP contribution in [0, 0.1) is 18.1 Å². The van der Waals surface area contributed by atoms with Gasteiger partial charge in [0, 0.05) is 43.7 Å². The number of rotatable bonds is 6. The Morgan fingerprint density at radius 2 is 1.88 bits per heavy atom. The number of hydrogen-bond donors (Lipinski definition) is 2. The molecule has 33 heavy (non-hydrogen) atoms. The Morgan fingerprint density at radius 1 is 1.06 bits per heavy atom. The average Bonchev–Trinajstić information content (AvgIpc) is 3.29. The van der Waals surface area contributed by atoms with Crippen LogP contribution in [0.2, 0.25) is 0 Å². The summed E-state index contributed by atoms with van der Waals surface area (Å²) < 4.78 is 6.00. The molecule has 0 bridgehead atoms. The number of amides is 2. The lowest BCUT2D eigenvalue weighted by molar-refractivity contribution is 0.208. The number of carbonyl (C=O) groups excluding carboxylic acids is 1. The molecule has 1 aliphatic heterocycles. The molecule has 1 saturated carbocycles. The first-order valence-electron chi connectivity index (χ1n) is 12.0. The highest BCUT2D eigenvalue weighted by atomic mass is 32.1. The second-order valence-electron chi connectivity index (χ2n) is 9.16. The number of urea groups is 1. The molecular weight excluding hydrogens is 430 g/mol. The van der Waals surface area contributed by atoms with Crippen LogP contribution in [-0.2, 0) is 0 Å². The summed E-state index contributed by atoms with van der Waals surface area (Å²) in [5, 5.41) is 7.29. The van der Waals surface area contributed by atoms with Crippen molar-refractivity contribution in [2.45, 2.75) is 38.1 Å². The van der Waals surface area contributed by atoms with Crippen molar-refractivity contribution >= 4 is 39.2 Å². The summed E-state index contributed by atoms with van der Waals surface area (Å²) in [6.45, 7) is 5.50. The van der Waals surface area contributed by atoms with Gasteiger partial charge in [-0.05, 0) is 80.4 Å². The van der Waals surface area contributed by atoms with Crippen molar-refractivity contribution in [1.29, 1.82) is 0 Å². The highest BCUT2D eigenvalue weighted by Gasteiger charge is 2.25. The molecule has 2 N–H and O–H groups in total. The van der Waals surface area contributed by atoms with Gasteiger partial charge in [-0.25, -0.2) is 4.79 Å². The third-order valence-electron chi connectivity index (χ3n) is 6.98. The van der Waals surface area contributed by atoms with Crippen molar-refractivity contribution in [3.63, 3.8) is 0 Å². The Hall–Kier alpha value is -2.82. The van der Waals surface area contributed by atoms with E-state index in [9.17, 15) is 4.79 Å². The van der Waals surface area contributed by atoms with Gasteiger partial charge in [0.1, 0.15) is 5.82 Å². The van der Waals surface area contributed by atoms with Crippen LogP contribution < -0.4 is 15.5 Å². The van der Waals surface area contributed by atoms with E-state index in [2.05, 4.69) is 56.8 Å². The molecule has 2 heterocycles. The van der Waals surface area contributed by atoms with E-state index < -0.39 is 0 Å². The summed E-state index contributed by atoms with van der Waals surface area (Å²) in [5.41, 5.74) is 0.753. The lowest BCUT2D eigenvalue weighted by Gasteiger charge is -2.36. The molecule has 5 rings (SSSR count). The number of benzene rings is 1. The van der Waals surface area contributed by atoms with E-state index in [4.69, 9.17) is 4.37 Å². The van der Waals surface area contributed by atoms with Gasteiger partial charge in [-0.3, -0.25) is 4.90 Å². The molecule has 1 aromatic heterocycles. The standard InChI is InChI=1S/C26H31N5OS/c32-26(27-21-6-2-1-3-7-21)28-22-12-10-20(11-13-22)14-15-30-16-18-31(19-17-30)25-23-8-4-5-9-24(23)33-29-25/h2,4-9,20,22H,10-19H2,(H2,27,28,32). The van der Waals surface area contributed by atoms with Crippen molar-refractivity contribution in [2.24, 2.45) is 5.92 Å². The lowest BCUT2D eigenvalue weighted by Crippen LogP contribution is -2.47. The van der Waals surface area contributed by atoms with Crippen molar-refractivity contribution in [2.75, 3.05) is 42.9 Å². The maximum Gasteiger partial charge on any atom is 0.319 e. The van der Waals surface area contributed by atoms with Gasteiger partial charge in [-0.1, -0.05) is 24.3 Å². The summed E-state index contributed by atoms with van der Waals surface area (Å²) >= 11 is 1.60. The Bertz CT molecular complexity index is 1040. The highest BCUT2D eigenvalue weighted by molar-refractivity contribution is 7.13. The Balaban J connectivity index is 1.00. The van der Waals surface area contributed by atoms with Gasteiger partial charge in [0.15, 0.2) is 0 Å². The Labute approximate surface area is 200 Å². The smallest absolute Gasteiger partial charge is 0.319 e. The van der Waals surface area contributed by atoms with Crippen LogP contribution in [0.25, 0.3) is 10.1 Å². The fourth-order valence-electron chi connectivity index (χ4n) is 5.02. The number of nitrogens with zero attached hydrogens (tertiary/aromatic N) is 3.